The molecular weight excluding hydrogens is 306 g/mol. The first-order valence-electron chi connectivity index (χ1n) is 6.80. The fraction of sp³-hybridized carbons (Fsp3) is 0.467. The monoisotopic (exact) mass is 329 g/mol. The zero-order valence-corrected chi connectivity index (χ0v) is 14.1. The van der Waals surface area contributed by atoms with E-state index >= 15 is 0 Å². The van der Waals surface area contributed by atoms with Crippen molar-refractivity contribution < 1.29 is 14.3 Å². The SMILES string of the molecule is COCCN(CC(=O)N(C)C)C(=O)CNc1ccccc1.Cl. The largest absolute Gasteiger partial charge is 0.383 e. The van der Waals surface area contributed by atoms with Crippen LogP contribution < -0.4 is 5.32 Å². The molecule has 0 aromatic heterocycles. The number of halogens is 1. The Morgan fingerprint density at radius 3 is 2.32 bits per heavy atom. The molecule has 0 fully saturated rings. The molecule has 0 aliphatic heterocycles. The summed E-state index contributed by atoms with van der Waals surface area (Å²) in [5, 5.41) is 3.05. The van der Waals surface area contributed by atoms with Gasteiger partial charge in [-0.15, -0.1) is 12.4 Å². The minimum atomic E-state index is -0.133. The molecule has 1 rings (SSSR count). The van der Waals surface area contributed by atoms with E-state index in [2.05, 4.69) is 5.32 Å². The Labute approximate surface area is 137 Å². The van der Waals surface area contributed by atoms with Crippen LogP contribution in [-0.2, 0) is 14.3 Å². The van der Waals surface area contributed by atoms with E-state index in [1.54, 1.807) is 21.2 Å². The number of likely N-dealkylation sites (N-methyl/N-ethyl adjacent to an activating group) is 1. The first-order valence-corrected chi connectivity index (χ1v) is 6.80. The van der Waals surface area contributed by atoms with Crippen LogP contribution >= 0.6 is 12.4 Å². The molecule has 0 bridgehead atoms. The van der Waals surface area contributed by atoms with Crippen molar-refractivity contribution in [2.24, 2.45) is 0 Å². The second-order valence-electron chi connectivity index (χ2n) is 4.82. The summed E-state index contributed by atoms with van der Waals surface area (Å²) in [7, 11) is 4.91. The zero-order valence-electron chi connectivity index (χ0n) is 13.2. The second-order valence-corrected chi connectivity index (χ2v) is 4.82. The number of hydrogen-bond acceptors (Lipinski definition) is 4. The molecule has 0 aliphatic carbocycles. The Morgan fingerprint density at radius 1 is 1.14 bits per heavy atom. The summed E-state index contributed by atoms with van der Waals surface area (Å²) >= 11 is 0. The van der Waals surface area contributed by atoms with E-state index < -0.39 is 0 Å². The molecule has 0 saturated carbocycles. The molecule has 1 N–H and O–H groups in total. The van der Waals surface area contributed by atoms with E-state index in [4.69, 9.17) is 4.74 Å². The quantitative estimate of drug-likeness (QED) is 0.775. The maximum atomic E-state index is 12.2. The minimum absolute atomic E-state index is 0. The van der Waals surface area contributed by atoms with Crippen LogP contribution in [0.2, 0.25) is 0 Å². The van der Waals surface area contributed by atoms with E-state index in [1.165, 1.54) is 9.80 Å². The van der Waals surface area contributed by atoms with Crippen LogP contribution in [0.4, 0.5) is 5.69 Å². The normalized spacial score (nSPS) is 9.59. The van der Waals surface area contributed by atoms with Gasteiger partial charge in [-0.1, -0.05) is 18.2 Å². The van der Waals surface area contributed by atoms with Gasteiger partial charge in [0.1, 0.15) is 0 Å². The molecule has 0 unspecified atom stereocenters. The molecule has 6 nitrogen and oxygen atoms in total. The Hall–Kier alpha value is -1.79. The van der Waals surface area contributed by atoms with E-state index in [-0.39, 0.29) is 37.3 Å². The third-order valence-corrected chi connectivity index (χ3v) is 2.96. The first-order chi connectivity index (χ1) is 10.0. The molecule has 1 aromatic carbocycles. The predicted octanol–water partition coefficient (Wildman–Crippen LogP) is 1.08. The van der Waals surface area contributed by atoms with Crippen molar-refractivity contribution in [3.8, 4) is 0 Å². The number of amides is 2. The summed E-state index contributed by atoms with van der Waals surface area (Å²) in [6.07, 6.45) is 0. The maximum Gasteiger partial charge on any atom is 0.242 e. The molecule has 1 aromatic rings. The van der Waals surface area contributed by atoms with Gasteiger partial charge in [0.05, 0.1) is 19.7 Å². The number of carbonyl (C=O) groups excluding carboxylic acids is 2. The number of nitrogens with one attached hydrogen (secondary N) is 1. The zero-order chi connectivity index (χ0) is 15.7. The second kappa shape index (κ2) is 10.9. The molecule has 0 spiro atoms. The number of benzene rings is 1. The van der Waals surface area contributed by atoms with Gasteiger partial charge in [-0.25, -0.2) is 0 Å². The molecule has 0 heterocycles. The standard InChI is InChI=1S/C15H23N3O3.ClH/c1-17(2)15(20)12-18(9-10-21-3)14(19)11-16-13-7-5-4-6-8-13;/h4-8,16H,9-12H2,1-3H3;1H. The van der Waals surface area contributed by atoms with Crippen molar-refractivity contribution in [1.29, 1.82) is 0 Å². The predicted molar refractivity (Wildman–Crippen MR) is 89.3 cm³/mol. The van der Waals surface area contributed by atoms with E-state index in [1.807, 2.05) is 30.3 Å². The fourth-order valence-electron chi connectivity index (χ4n) is 1.64. The molecule has 0 atom stereocenters. The summed E-state index contributed by atoms with van der Waals surface area (Å²) in [5.74, 6) is -0.245. The van der Waals surface area contributed by atoms with Crippen LogP contribution in [0.5, 0.6) is 0 Å². The average Bonchev–Trinajstić information content (AvgIpc) is 2.49. The van der Waals surface area contributed by atoms with Crippen LogP contribution in [-0.4, -0.2) is 69.1 Å². The van der Waals surface area contributed by atoms with Gasteiger partial charge < -0.3 is 19.9 Å². The van der Waals surface area contributed by atoms with Crippen LogP contribution in [0.25, 0.3) is 0 Å². The van der Waals surface area contributed by atoms with E-state index in [0.717, 1.165) is 5.69 Å². The lowest BCUT2D eigenvalue weighted by Gasteiger charge is -2.24. The smallest absolute Gasteiger partial charge is 0.242 e. The van der Waals surface area contributed by atoms with Crippen molar-refractivity contribution in [3.05, 3.63) is 30.3 Å². The van der Waals surface area contributed by atoms with Crippen LogP contribution in [0, 0.1) is 0 Å². The van der Waals surface area contributed by atoms with Gasteiger partial charge in [-0.3, -0.25) is 9.59 Å². The summed E-state index contributed by atoms with van der Waals surface area (Å²) in [4.78, 5) is 27.0. The highest BCUT2D eigenvalue weighted by Crippen LogP contribution is 2.04. The number of anilines is 1. The van der Waals surface area contributed by atoms with Crippen molar-refractivity contribution in [3.63, 3.8) is 0 Å². The molecule has 7 heteroatoms. The van der Waals surface area contributed by atoms with Gasteiger partial charge in [-0.2, -0.15) is 0 Å². The number of rotatable bonds is 8. The number of hydrogen-bond donors (Lipinski definition) is 1. The van der Waals surface area contributed by atoms with Crippen molar-refractivity contribution in [1.82, 2.24) is 9.80 Å². The molecular formula is C15H24ClN3O3. The van der Waals surface area contributed by atoms with Crippen molar-refractivity contribution in [2.45, 2.75) is 0 Å². The molecule has 0 aliphatic rings. The Kier molecular flexibility index (Phi) is 9.98. The average molecular weight is 330 g/mol. The third-order valence-electron chi connectivity index (χ3n) is 2.96. The van der Waals surface area contributed by atoms with Gasteiger partial charge >= 0.3 is 0 Å². The lowest BCUT2D eigenvalue weighted by molar-refractivity contribution is -0.138. The van der Waals surface area contributed by atoms with Gasteiger partial charge in [0.15, 0.2) is 0 Å². The number of methoxy groups -OCH3 is 1. The third kappa shape index (κ3) is 7.28. The Morgan fingerprint density at radius 2 is 1.77 bits per heavy atom. The summed E-state index contributed by atoms with van der Waals surface area (Å²) in [5.41, 5.74) is 0.872. The van der Waals surface area contributed by atoms with Crippen molar-refractivity contribution >= 4 is 29.9 Å². The van der Waals surface area contributed by atoms with Crippen molar-refractivity contribution in [2.75, 3.05) is 52.8 Å². The molecule has 2 amide bonds. The highest BCUT2D eigenvalue weighted by atomic mass is 35.5. The number of nitrogens with zero attached hydrogens (tertiary/aromatic N) is 2. The van der Waals surface area contributed by atoms with Gasteiger partial charge in [0, 0.05) is 33.4 Å². The number of carbonyl (C=O) groups is 2. The fourth-order valence-corrected chi connectivity index (χ4v) is 1.64. The van der Waals surface area contributed by atoms with Crippen LogP contribution in [0.15, 0.2) is 30.3 Å². The summed E-state index contributed by atoms with van der Waals surface area (Å²) in [6, 6.07) is 9.47. The minimum Gasteiger partial charge on any atom is -0.383 e. The molecule has 0 saturated heterocycles. The van der Waals surface area contributed by atoms with E-state index in [0.29, 0.717) is 13.2 Å². The lowest BCUT2D eigenvalue weighted by atomic mass is 10.3. The molecule has 22 heavy (non-hydrogen) atoms. The highest BCUT2D eigenvalue weighted by Gasteiger charge is 2.17. The van der Waals surface area contributed by atoms with Gasteiger partial charge in [0.2, 0.25) is 11.8 Å². The number of para-hydroxylation sites is 1. The van der Waals surface area contributed by atoms with Gasteiger partial charge in [-0.05, 0) is 12.1 Å². The Balaban J connectivity index is 0.00000441. The highest BCUT2D eigenvalue weighted by molar-refractivity contribution is 5.86. The summed E-state index contributed by atoms with van der Waals surface area (Å²) < 4.78 is 4.99. The van der Waals surface area contributed by atoms with E-state index in [9.17, 15) is 9.59 Å². The lowest BCUT2D eigenvalue weighted by Crippen LogP contribution is -2.44. The first kappa shape index (κ1) is 20.2. The number of ether oxygens (including phenoxy) is 1. The topological polar surface area (TPSA) is 61.9 Å². The molecule has 0 radical (unpaired) electrons. The Bertz CT molecular complexity index is 455. The van der Waals surface area contributed by atoms with Gasteiger partial charge in [0.25, 0.3) is 0 Å². The molecule has 124 valence electrons. The maximum absolute atomic E-state index is 12.2. The summed E-state index contributed by atoms with van der Waals surface area (Å²) in [6.45, 7) is 1.00. The van der Waals surface area contributed by atoms with Crippen LogP contribution in [0.1, 0.15) is 0 Å². The van der Waals surface area contributed by atoms with Crippen LogP contribution in [0.3, 0.4) is 0 Å².